The molecule has 5 aliphatic carbocycles. The molecule has 5 aliphatic rings. The van der Waals surface area contributed by atoms with Gasteiger partial charge in [0.25, 0.3) is 0 Å². The van der Waals surface area contributed by atoms with Crippen molar-refractivity contribution in [1.82, 2.24) is 0 Å². The number of aryl methyl sites for hydroxylation is 1. The van der Waals surface area contributed by atoms with Crippen LogP contribution in [-0.2, 0) is 25.7 Å². The Morgan fingerprint density at radius 1 is 0.892 bits per heavy atom. The van der Waals surface area contributed by atoms with Gasteiger partial charge in [0.15, 0.2) is 23.9 Å². The largest absolute Gasteiger partial charge is 0.519 e. The molecule has 37 heavy (non-hydrogen) atoms. The van der Waals surface area contributed by atoms with E-state index in [4.69, 9.17) is 13.6 Å². The molecule has 1 aromatic rings. The van der Waals surface area contributed by atoms with E-state index in [-0.39, 0.29) is 47.8 Å². The molecular formula is C29H36O8. The number of rotatable bonds is 4. The van der Waals surface area contributed by atoms with Crippen LogP contribution in [0.5, 0.6) is 0 Å². The minimum atomic E-state index is -0.797. The van der Waals surface area contributed by atoms with Crippen LogP contribution in [0.1, 0.15) is 75.7 Å². The molecule has 4 fully saturated rings. The third kappa shape index (κ3) is 4.40. The number of fused-ring (bicyclic) bond motifs is 7. The van der Waals surface area contributed by atoms with Gasteiger partial charge < -0.3 is 18.7 Å². The predicted molar refractivity (Wildman–Crippen MR) is 130 cm³/mol. The third-order valence-corrected chi connectivity index (χ3v) is 10.6. The molecule has 8 nitrogen and oxygen atoms in total. The Hall–Kier alpha value is -2.64. The zero-order valence-corrected chi connectivity index (χ0v) is 21.4. The second kappa shape index (κ2) is 9.59. The SMILES string of the molecule is Cc1oc(=O)oc1COC(=O)C1CCC2C(CCC3C4CCC5CCC(C(=O)O)CC5C4=CC(=O)C23)C1. The van der Waals surface area contributed by atoms with Crippen LogP contribution in [0.4, 0.5) is 0 Å². The summed E-state index contributed by atoms with van der Waals surface area (Å²) in [6, 6.07) is 0. The number of carboxylic acid groups (broad SMARTS) is 1. The van der Waals surface area contributed by atoms with Gasteiger partial charge in [-0.05, 0) is 113 Å². The Labute approximate surface area is 215 Å². The first-order chi connectivity index (χ1) is 17.8. The molecule has 1 N–H and O–H groups in total. The summed E-state index contributed by atoms with van der Waals surface area (Å²) in [6.45, 7) is 1.49. The zero-order valence-electron chi connectivity index (χ0n) is 21.4. The van der Waals surface area contributed by atoms with Crippen LogP contribution in [0, 0.1) is 60.2 Å². The van der Waals surface area contributed by atoms with Gasteiger partial charge in [0.1, 0.15) is 0 Å². The molecule has 0 amide bonds. The number of hydrogen-bond donors (Lipinski definition) is 1. The van der Waals surface area contributed by atoms with Crippen LogP contribution in [0.3, 0.4) is 0 Å². The lowest BCUT2D eigenvalue weighted by Crippen LogP contribution is -2.50. The van der Waals surface area contributed by atoms with Gasteiger partial charge >= 0.3 is 17.8 Å². The number of aliphatic carboxylic acids is 1. The minimum Gasteiger partial charge on any atom is -0.481 e. The lowest BCUT2D eigenvalue weighted by molar-refractivity contribution is -0.154. The van der Waals surface area contributed by atoms with Gasteiger partial charge in [-0.3, -0.25) is 14.4 Å². The average molecular weight is 513 g/mol. The molecular weight excluding hydrogens is 476 g/mol. The highest BCUT2D eigenvalue weighted by Crippen LogP contribution is 2.58. The summed E-state index contributed by atoms with van der Waals surface area (Å²) in [5.74, 6) is 0.778. The first-order valence-electron chi connectivity index (χ1n) is 14.0. The third-order valence-electron chi connectivity index (χ3n) is 10.6. The lowest BCUT2D eigenvalue weighted by Gasteiger charge is -2.54. The molecule has 9 unspecified atom stereocenters. The molecule has 0 bridgehead atoms. The molecule has 9 atom stereocenters. The molecule has 0 aromatic carbocycles. The van der Waals surface area contributed by atoms with Crippen LogP contribution in [0.25, 0.3) is 0 Å². The molecule has 0 spiro atoms. The number of carbonyl (C=O) groups is 3. The topological polar surface area (TPSA) is 124 Å². The van der Waals surface area contributed by atoms with Gasteiger partial charge in [-0.1, -0.05) is 5.57 Å². The summed E-state index contributed by atoms with van der Waals surface area (Å²) in [6.07, 6.45) is 10.9. The van der Waals surface area contributed by atoms with Gasteiger partial charge in [0.05, 0.1) is 11.8 Å². The maximum atomic E-state index is 13.6. The molecule has 0 aliphatic heterocycles. The molecule has 8 heteroatoms. The number of carbonyl (C=O) groups excluding carboxylic acids is 2. The van der Waals surface area contributed by atoms with Crippen molar-refractivity contribution < 1.29 is 33.1 Å². The standard InChI is InChI=1S/C29H36O8/c1-14-25(37-29(34)36-14)13-35-28(33)18-6-7-19-16(10-18)5-9-21-20-8-4-15-2-3-17(27(31)32)11-22(15)23(20)12-24(30)26(19)21/h12,15-22,26H,2-11,13H2,1H3,(H,31,32). The first kappa shape index (κ1) is 24.7. The highest BCUT2D eigenvalue weighted by molar-refractivity contribution is 5.94. The first-order valence-corrected chi connectivity index (χ1v) is 14.0. The Morgan fingerprint density at radius 3 is 2.38 bits per heavy atom. The van der Waals surface area contributed by atoms with E-state index >= 15 is 0 Å². The van der Waals surface area contributed by atoms with Crippen molar-refractivity contribution in [3.8, 4) is 0 Å². The molecule has 0 saturated heterocycles. The normalized spacial score (nSPS) is 38.9. The fraction of sp³-hybridized carbons (Fsp3) is 0.724. The van der Waals surface area contributed by atoms with E-state index in [1.165, 1.54) is 5.57 Å². The van der Waals surface area contributed by atoms with Gasteiger partial charge in [-0.25, -0.2) is 4.79 Å². The summed E-state index contributed by atoms with van der Waals surface area (Å²) < 4.78 is 15.2. The predicted octanol–water partition coefficient (Wildman–Crippen LogP) is 4.68. The fourth-order valence-corrected chi connectivity index (χ4v) is 8.83. The van der Waals surface area contributed by atoms with Crippen LogP contribution in [0.2, 0.25) is 0 Å². The fourth-order valence-electron chi connectivity index (χ4n) is 8.83. The summed E-state index contributed by atoms with van der Waals surface area (Å²) in [7, 11) is 0. The Kier molecular flexibility index (Phi) is 6.40. The highest BCUT2D eigenvalue weighted by atomic mass is 16.6. The van der Waals surface area contributed by atoms with E-state index in [0.717, 1.165) is 51.4 Å². The summed E-state index contributed by atoms with van der Waals surface area (Å²) >= 11 is 0. The lowest BCUT2D eigenvalue weighted by atomic mass is 9.50. The van der Waals surface area contributed by atoms with E-state index in [1.54, 1.807) is 6.92 Å². The Morgan fingerprint density at radius 2 is 1.62 bits per heavy atom. The molecule has 0 radical (unpaired) electrons. The van der Waals surface area contributed by atoms with Crippen LogP contribution < -0.4 is 5.82 Å². The van der Waals surface area contributed by atoms with E-state index in [9.17, 15) is 24.3 Å². The van der Waals surface area contributed by atoms with Crippen molar-refractivity contribution >= 4 is 17.7 Å². The molecule has 1 heterocycles. The second-order valence-electron chi connectivity index (χ2n) is 12.2. The van der Waals surface area contributed by atoms with E-state index < -0.39 is 11.8 Å². The Balaban J connectivity index is 1.13. The summed E-state index contributed by atoms with van der Waals surface area (Å²) in [5, 5.41) is 9.62. The van der Waals surface area contributed by atoms with Crippen molar-refractivity contribution in [2.24, 2.45) is 53.3 Å². The van der Waals surface area contributed by atoms with Crippen molar-refractivity contribution in [1.29, 1.82) is 0 Å². The average Bonchev–Trinajstić information content (AvgIpc) is 3.22. The van der Waals surface area contributed by atoms with E-state index in [0.29, 0.717) is 48.2 Å². The molecule has 6 rings (SSSR count). The Bertz CT molecular complexity index is 1170. The summed E-state index contributed by atoms with van der Waals surface area (Å²) in [5.41, 5.74) is 1.27. The van der Waals surface area contributed by atoms with Crippen LogP contribution in [0.15, 0.2) is 25.3 Å². The highest BCUT2D eigenvalue weighted by Gasteiger charge is 2.53. The van der Waals surface area contributed by atoms with Gasteiger partial charge in [0.2, 0.25) is 0 Å². The quantitative estimate of drug-likeness (QED) is 0.577. The van der Waals surface area contributed by atoms with Gasteiger partial charge in [0, 0.05) is 5.92 Å². The number of carboxylic acids is 1. The monoisotopic (exact) mass is 512 g/mol. The number of esters is 1. The number of allylic oxidation sites excluding steroid dienone is 2. The molecule has 4 saturated carbocycles. The van der Waals surface area contributed by atoms with Gasteiger partial charge in [-0.2, -0.15) is 0 Å². The van der Waals surface area contributed by atoms with Crippen molar-refractivity contribution in [2.45, 2.75) is 77.7 Å². The summed E-state index contributed by atoms with van der Waals surface area (Å²) in [4.78, 5) is 49.4. The molecule has 1 aromatic heterocycles. The van der Waals surface area contributed by atoms with Crippen LogP contribution >= 0.6 is 0 Å². The van der Waals surface area contributed by atoms with E-state index in [1.807, 2.05) is 6.08 Å². The maximum Gasteiger partial charge on any atom is 0.519 e. The van der Waals surface area contributed by atoms with Crippen molar-refractivity contribution in [3.63, 3.8) is 0 Å². The van der Waals surface area contributed by atoms with Crippen molar-refractivity contribution in [2.75, 3.05) is 0 Å². The van der Waals surface area contributed by atoms with Crippen LogP contribution in [-0.4, -0.2) is 22.8 Å². The minimum absolute atomic E-state index is 0.0303. The van der Waals surface area contributed by atoms with Crippen molar-refractivity contribution in [3.05, 3.63) is 33.8 Å². The number of hydrogen-bond acceptors (Lipinski definition) is 7. The number of ketones is 1. The van der Waals surface area contributed by atoms with Gasteiger partial charge in [-0.15, -0.1) is 0 Å². The zero-order chi connectivity index (χ0) is 25.8. The second-order valence-corrected chi connectivity index (χ2v) is 12.2. The number of ether oxygens (including phenoxy) is 1. The smallest absolute Gasteiger partial charge is 0.481 e. The van der Waals surface area contributed by atoms with E-state index in [2.05, 4.69) is 0 Å². The maximum absolute atomic E-state index is 13.6. The molecule has 200 valence electrons.